The van der Waals surface area contributed by atoms with Gasteiger partial charge in [-0.3, -0.25) is 9.59 Å². The molecule has 0 atom stereocenters. The van der Waals surface area contributed by atoms with Crippen molar-refractivity contribution >= 4 is 24.2 Å². The molecule has 1 aromatic carbocycles. The van der Waals surface area contributed by atoms with Crippen molar-refractivity contribution in [1.82, 2.24) is 5.32 Å². The molecule has 0 saturated heterocycles. The molecule has 5 N–H and O–H groups in total. The lowest BCUT2D eigenvalue weighted by Gasteiger charge is -2.21. The summed E-state index contributed by atoms with van der Waals surface area (Å²) in [5.41, 5.74) is 11.4. The van der Waals surface area contributed by atoms with Gasteiger partial charge in [0.2, 0.25) is 11.8 Å². The van der Waals surface area contributed by atoms with Gasteiger partial charge in [-0.05, 0) is 31.5 Å². The molecule has 1 rings (SSSR count). The molecule has 0 bridgehead atoms. The summed E-state index contributed by atoms with van der Waals surface area (Å²) in [5.74, 6) is -0.597. The van der Waals surface area contributed by atoms with Gasteiger partial charge in [0.25, 0.3) is 0 Å². The fraction of sp³-hybridized carbons (Fsp3) is 0.385. The summed E-state index contributed by atoms with van der Waals surface area (Å²) in [7, 11) is 0. The number of carbonyl (C=O) groups excluding carboxylic acids is 2. The van der Waals surface area contributed by atoms with E-state index in [9.17, 15) is 9.59 Å². The first-order chi connectivity index (χ1) is 8.36. The van der Waals surface area contributed by atoms with Crippen LogP contribution in [0.15, 0.2) is 24.3 Å². The Hall–Kier alpha value is -1.59. The molecule has 0 fully saturated rings. The van der Waals surface area contributed by atoms with E-state index in [0.717, 1.165) is 5.56 Å². The predicted octanol–water partition coefficient (Wildman–Crippen LogP) is 0.808. The summed E-state index contributed by atoms with van der Waals surface area (Å²) in [6.45, 7) is 4.19. The zero-order valence-electron chi connectivity index (χ0n) is 11.1. The molecule has 0 aromatic heterocycles. The van der Waals surface area contributed by atoms with Crippen LogP contribution in [0.1, 0.15) is 29.8 Å². The van der Waals surface area contributed by atoms with Crippen molar-refractivity contribution in [1.29, 1.82) is 0 Å². The van der Waals surface area contributed by atoms with Crippen LogP contribution < -0.4 is 16.8 Å². The number of rotatable bonds is 5. The molecule has 0 aliphatic carbocycles. The number of hydrogen-bond donors (Lipinski definition) is 3. The SMILES string of the molecule is CC(C)(CN)C(=O)NCc1cccc(C(N)=O)c1.Cl. The van der Waals surface area contributed by atoms with E-state index in [1.807, 2.05) is 6.07 Å². The first-order valence-corrected chi connectivity index (χ1v) is 5.74. The molecule has 0 radical (unpaired) electrons. The summed E-state index contributed by atoms with van der Waals surface area (Å²) in [6.07, 6.45) is 0. The highest BCUT2D eigenvalue weighted by Crippen LogP contribution is 2.13. The topological polar surface area (TPSA) is 98.2 Å². The van der Waals surface area contributed by atoms with Gasteiger partial charge in [0, 0.05) is 18.7 Å². The third-order valence-electron chi connectivity index (χ3n) is 2.79. The van der Waals surface area contributed by atoms with Crippen molar-refractivity contribution in [3.8, 4) is 0 Å². The molecule has 106 valence electrons. The van der Waals surface area contributed by atoms with E-state index >= 15 is 0 Å². The van der Waals surface area contributed by atoms with Crippen LogP contribution in [0.5, 0.6) is 0 Å². The Labute approximate surface area is 119 Å². The third kappa shape index (κ3) is 4.89. The summed E-state index contributed by atoms with van der Waals surface area (Å²) in [5, 5.41) is 2.79. The molecule has 1 aromatic rings. The van der Waals surface area contributed by atoms with E-state index in [4.69, 9.17) is 11.5 Å². The maximum absolute atomic E-state index is 11.8. The molecule has 0 unspecified atom stereocenters. The van der Waals surface area contributed by atoms with Gasteiger partial charge in [0.1, 0.15) is 0 Å². The first-order valence-electron chi connectivity index (χ1n) is 5.74. The Bertz CT molecular complexity index is 461. The minimum atomic E-state index is -0.596. The van der Waals surface area contributed by atoms with E-state index in [2.05, 4.69) is 5.32 Å². The number of amides is 2. The largest absolute Gasteiger partial charge is 0.366 e. The molecule has 6 heteroatoms. The molecular formula is C13H20ClN3O2. The molecule has 19 heavy (non-hydrogen) atoms. The van der Waals surface area contributed by atoms with Crippen molar-refractivity contribution in [2.75, 3.05) is 6.54 Å². The minimum absolute atomic E-state index is 0. The second-order valence-corrected chi connectivity index (χ2v) is 4.84. The summed E-state index contributed by atoms with van der Waals surface area (Å²) >= 11 is 0. The first kappa shape index (κ1) is 17.4. The highest BCUT2D eigenvalue weighted by Gasteiger charge is 2.25. The lowest BCUT2D eigenvalue weighted by Crippen LogP contribution is -2.41. The Kier molecular flexibility index (Phi) is 6.52. The van der Waals surface area contributed by atoms with Crippen molar-refractivity contribution in [3.05, 3.63) is 35.4 Å². The maximum Gasteiger partial charge on any atom is 0.248 e. The van der Waals surface area contributed by atoms with Crippen LogP contribution in [0.4, 0.5) is 0 Å². The van der Waals surface area contributed by atoms with Crippen molar-refractivity contribution < 1.29 is 9.59 Å². The molecule has 0 heterocycles. The average molecular weight is 286 g/mol. The fourth-order valence-corrected chi connectivity index (χ4v) is 1.35. The highest BCUT2D eigenvalue weighted by molar-refractivity contribution is 5.92. The second-order valence-electron chi connectivity index (χ2n) is 4.84. The van der Waals surface area contributed by atoms with Crippen molar-refractivity contribution in [2.24, 2.45) is 16.9 Å². The molecule has 0 aliphatic rings. The summed E-state index contributed by atoms with van der Waals surface area (Å²) in [6, 6.07) is 6.85. The van der Waals surface area contributed by atoms with Crippen molar-refractivity contribution in [3.63, 3.8) is 0 Å². The van der Waals surface area contributed by atoms with Gasteiger partial charge in [-0.15, -0.1) is 12.4 Å². The highest BCUT2D eigenvalue weighted by atomic mass is 35.5. The van der Waals surface area contributed by atoms with Crippen molar-refractivity contribution in [2.45, 2.75) is 20.4 Å². The van der Waals surface area contributed by atoms with Gasteiger partial charge in [-0.25, -0.2) is 0 Å². The Morgan fingerprint density at radius 1 is 1.32 bits per heavy atom. The summed E-state index contributed by atoms with van der Waals surface area (Å²) in [4.78, 5) is 22.8. The number of hydrogen-bond acceptors (Lipinski definition) is 3. The Morgan fingerprint density at radius 2 is 1.95 bits per heavy atom. The van der Waals surface area contributed by atoms with Gasteiger partial charge in [-0.2, -0.15) is 0 Å². The molecule has 0 saturated carbocycles. The molecular weight excluding hydrogens is 266 g/mol. The average Bonchev–Trinajstić information content (AvgIpc) is 2.36. The molecule has 2 amide bonds. The number of nitrogens with two attached hydrogens (primary N) is 2. The van der Waals surface area contributed by atoms with Crippen LogP contribution in [-0.2, 0) is 11.3 Å². The Morgan fingerprint density at radius 3 is 2.47 bits per heavy atom. The van der Waals surface area contributed by atoms with Crippen LogP contribution in [0.2, 0.25) is 0 Å². The van der Waals surface area contributed by atoms with Crippen LogP contribution in [0.25, 0.3) is 0 Å². The van der Waals surface area contributed by atoms with Crippen LogP contribution in [-0.4, -0.2) is 18.4 Å². The number of primary amides is 1. The van der Waals surface area contributed by atoms with Crippen LogP contribution in [0, 0.1) is 5.41 Å². The number of benzene rings is 1. The van der Waals surface area contributed by atoms with Crippen LogP contribution in [0.3, 0.4) is 0 Å². The van der Waals surface area contributed by atoms with Gasteiger partial charge in [0.05, 0.1) is 5.41 Å². The minimum Gasteiger partial charge on any atom is -0.366 e. The van der Waals surface area contributed by atoms with Gasteiger partial charge in [-0.1, -0.05) is 12.1 Å². The van der Waals surface area contributed by atoms with E-state index in [-0.39, 0.29) is 24.9 Å². The van der Waals surface area contributed by atoms with E-state index in [0.29, 0.717) is 12.1 Å². The van der Waals surface area contributed by atoms with Gasteiger partial charge in [0.15, 0.2) is 0 Å². The lowest BCUT2D eigenvalue weighted by atomic mass is 9.92. The third-order valence-corrected chi connectivity index (χ3v) is 2.79. The normalized spacial score (nSPS) is 10.5. The van der Waals surface area contributed by atoms with Gasteiger partial charge >= 0.3 is 0 Å². The summed E-state index contributed by atoms with van der Waals surface area (Å²) < 4.78 is 0. The monoisotopic (exact) mass is 285 g/mol. The van der Waals surface area contributed by atoms with E-state index < -0.39 is 11.3 Å². The maximum atomic E-state index is 11.8. The zero-order chi connectivity index (χ0) is 13.8. The smallest absolute Gasteiger partial charge is 0.248 e. The molecule has 0 aliphatic heterocycles. The second kappa shape index (κ2) is 7.11. The number of carbonyl (C=O) groups is 2. The van der Waals surface area contributed by atoms with E-state index in [1.165, 1.54) is 0 Å². The van der Waals surface area contributed by atoms with Gasteiger partial charge < -0.3 is 16.8 Å². The number of halogens is 1. The number of nitrogens with one attached hydrogen (secondary N) is 1. The predicted molar refractivity (Wildman–Crippen MR) is 76.9 cm³/mol. The van der Waals surface area contributed by atoms with E-state index in [1.54, 1.807) is 32.0 Å². The molecule has 5 nitrogen and oxygen atoms in total. The van der Waals surface area contributed by atoms with Crippen LogP contribution >= 0.6 is 12.4 Å². The fourth-order valence-electron chi connectivity index (χ4n) is 1.35. The zero-order valence-corrected chi connectivity index (χ0v) is 11.9. The molecule has 0 spiro atoms. The lowest BCUT2D eigenvalue weighted by molar-refractivity contribution is -0.129. The quantitative estimate of drug-likeness (QED) is 0.746. The standard InChI is InChI=1S/C13H19N3O2.ClH/c1-13(2,8-14)12(18)16-7-9-4-3-5-10(6-9)11(15)17;/h3-6H,7-8,14H2,1-2H3,(H2,15,17)(H,16,18);1H. The Balaban J connectivity index is 0.00000324.